The van der Waals surface area contributed by atoms with E-state index in [0.29, 0.717) is 23.9 Å². The molecule has 3 aromatic rings. The number of rotatable bonds is 2. The second-order valence-corrected chi connectivity index (χ2v) is 9.12. The highest BCUT2D eigenvalue weighted by Gasteiger charge is 2.45. The Morgan fingerprint density at radius 3 is 2.79 bits per heavy atom. The van der Waals surface area contributed by atoms with E-state index in [2.05, 4.69) is 45.1 Å². The third-order valence-corrected chi connectivity index (χ3v) is 7.32. The number of piperidine rings is 3. The molecule has 0 aliphatic carbocycles. The predicted octanol–water partition coefficient (Wildman–Crippen LogP) is 3.42. The molecule has 0 radical (unpaired) electrons. The van der Waals surface area contributed by atoms with Crippen molar-refractivity contribution in [2.75, 3.05) is 24.5 Å². The van der Waals surface area contributed by atoms with Crippen molar-refractivity contribution in [1.82, 2.24) is 24.4 Å². The normalized spacial score (nSPS) is 29.8. The molecule has 6 heteroatoms. The summed E-state index contributed by atoms with van der Waals surface area (Å²) in [5.41, 5.74) is 3.30. The highest BCUT2D eigenvalue weighted by atomic mass is 15.3. The van der Waals surface area contributed by atoms with Gasteiger partial charge < -0.3 is 9.47 Å². The molecule has 1 aromatic carbocycles. The number of aromatic nitrogens is 4. The van der Waals surface area contributed by atoms with E-state index in [1.807, 2.05) is 24.1 Å². The van der Waals surface area contributed by atoms with Gasteiger partial charge in [0.25, 0.3) is 0 Å². The first-order valence-corrected chi connectivity index (χ1v) is 11.0. The predicted molar refractivity (Wildman–Crippen MR) is 114 cm³/mol. The summed E-state index contributed by atoms with van der Waals surface area (Å²) in [4.78, 5) is 19.2. The lowest BCUT2D eigenvalue weighted by molar-refractivity contribution is -0.0202. The summed E-state index contributed by atoms with van der Waals surface area (Å²) in [5.74, 6) is 2.25. The van der Waals surface area contributed by atoms with Crippen molar-refractivity contribution < 1.29 is 0 Å². The van der Waals surface area contributed by atoms with Gasteiger partial charge in [-0.25, -0.2) is 9.97 Å². The molecule has 0 amide bonds. The topological polar surface area (TPSA) is 50.1 Å². The third kappa shape index (κ3) is 2.92. The average Bonchev–Trinajstić information content (AvgIpc) is 3.14. The molecule has 3 aliphatic heterocycles. The van der Waals surface area contributed by atoms with Gasteiger partial charge in [-0.2, -0.15) is 4.98 Å². The molecule has 0 unspecified atom stereocenters. The van der Waals surface area contributed by atoms with Crippen LogP contribution >= 0.6 is 0 Å². The Bertz CT molecular complexity index is 1010. The SMILES string of the molecule is Cn1cnc2nc(N3C[C@@H]4C[C@H](C3)[C@@H]3CCC[C@H](c5ccccc5)N3C4)ncc21. The highest BCUT2D eigenvalue weighted by molar-refractivity contribution is 5.70. The maximum Gasteiger partial charge on any atom is 0.227 e. The number of hydrogen-bond donors (Lipinski definition) is 0. The Kier molecular flexibility index (Phi) is 4.08. The number of benzene rings is 1. The van der Waals surface area contributed by atoms with Crippen molar-refractivity contribution in [3.8, 4) is 0 Å². The Labute approximate surface area is 171 Å². The Morgan fingerprint density at radius 1 is 1.00 bits per heavy atom. The standard InChI is InChI=1S/C23H28N6/c1-27-15-25-22-21(27)11-24-23(26-22)28-12-16-10-18(14-28)20-9-5-8-19(29(20)13-16)17-6-3-2-4-7-17/h2-4,6-7,11,15-16,18-20H,5,8-10,12-14H2,1H3/t16-,18+,19+,20-/m0/s1. The minimum atomic E-state index is 0.591. The molecule has 5 heterocycles. The van der Waals surface area contributed by atoms with Gasteiger partial charge in [-0.05, 0) is 43.1 Å². The number of anilines is 1. The maximum absolute atomic E-state index is 4.78. The van der Waals surface area contributed by atoms with E-state index in [9.17, 15) is 0 Å². The van der Waals surface area contributed by atoms with Gasteiger partial charge in [0.15, 0.2) is 5.65 Å². The van der Waals surface area contributed by atoms with Gasteiger partial charge in [-0.1, -0.05) is 30.3 Å². The fourth-order valence-electron chi connectivity index (χ4n) is 6.06. The first-order chi connectivity index (χ1) is 14.3. The van der Waals surface area contributed by atoms with Crippen LogP contribution in [0.25, 0.3) is 11.2 Å². The Balaban J connectivity index is 1.26. The number of hydrogen-bond acceptors (Lipinski definition) is 5. The number of imidazole rings is 1. The smallest absolute Gasteiger partial charge is 0.227 e. The molecule has 3 saturated heterocycles. The molecule has 29 heavy (non-hydrogen) atoms. The molecule has 3 aliphatic rings. The van der Waals surface area contributed by atoms with Crippen molar-refractivity contribution in [2.45, 2.75) is 37.8 Å². The van der Waals surface area contributed by atoms with E-state index in [0.717, 1.165) is 30.2 Å². The Hall–Kier alpha value is -2.47. The lowest BCUT2D eigenvalue weighted by Crippen LogP contribution is -2.60. The largest absolute Gasteiger partial charge is 0.340 e. The molecule has 0 saturated carbocycles. The van der Waals surface area contributed by atoms with Crippen LogP contribution in [0.5, 0.6) is 0 Å². The van der Waals surface area contributed by atoms with Gasteiger partial charge in [-0.3, -0.25) is 4.90 Å². The first-order valence-electron chi connectivity index (χ1n) is 11.0. The van der Waals surface area contributed by atoms with Crippen LogP contribution in [0.15, 0.2) is 42.9 Å². The zero-order valence-corrected chi connectivity index (χ0v) is 17.0. The van der Waals surface area contributed by atoms with E-state index in [1.54, 1.807) is 0 Å². The van der Waals surface area contributed by atoms with Gasteiger partial charge >= 0.3 is 0 Å². The monoisotopic (exact) mass is 388 g/mol. The summed E-state index contributed by atoms with van der Waals surface area (Å²) in [5, 5.41) is 0. The van der Waals surface area contributed by atoms with Gasteiger partial charge in [0.2, 0.25) is 5.95 Å². The van der Waals surface area contributed by atoms with Gasteiger partial charge in [-0.15, -0.1) is 0 Å². The number of fused-ring (bicyclic) bond motifs is 5. The average molecular weight is 389 g/mol. The first kappa shape index (κ1) is 17.4. The molecule has 4 atom stereocenters. The fraction of sp³-hybridized carbons (Fsp3) is 0.522. The summed E-state index contributed by atoms with van der Waals surface area (Å²) < 4.78 is 1.98. The molecule has 6 rings (SSSR count). The minimum Gasteiger partial charge on any atom is -0.340 e. The summed E-state index contributed by atoms with van der Waals surface area (Å²) >= 11 is 0. The van der Waals surface area contributed by atoms with Crippen molar-refractivity contribution in [3.63, 3.8) is 0 Å². The fourth-order valence-corrected chi connectivity index (χ4v) is 6.06. The van der Waals surface area contributed by atoms with Crippen molar-refractivity contribution in [2.24, 2.45) is 18.9 Å². The molecule has 2 bridgehead atoms. The van der Waals surface area contributed by atoms with E-state index in [4.69, 9.17) is 9.97 Å². The summed E-state index contributed by atoms with van der Waals surface area (Å²) in [6.45, 7) is 3.32. The second kappa shape index (κ2) is 6.80. The lowest BCUT2D eigenvalue weighted by Gasteiger charge is -2.55. The molecule has 6 nitrogen and oxygen atoms in total. The zero-order chi connectivity index (χ0) is 19.4. The minimum absolute atomic E-state index is 0.591. The van der Waals surface area contributed by atoms with E-state index in [1.165, 1.54) is 37.8 Å². The van der Waals surface area contributed by atoms with Crippen molar-refractivity contribution in [1.29, 1.82) is 0 Å². The molecule has 150 valence electrons. The van der Waals surface area contributed by atoms with E-state index < -0.39 is 0 Å². The van der Waals surface area contributed by atoms with E-state index in [-0.39, 0.29) is 0 Å². The van der Waals surface area contributed by atoms with E-state index >= 15 is 0 Å². The third-order valence-electron chi connectivity index (χ3n) is 7.32. The molecular formula is C23H28N6. The van der Waals surface area contributed by atoms with Crippen LogP contribution in [0.3, 0.4) is 0 Å². The summed E-state index contributed by atoms with van der Waals surface area (Å²) in [6.07, 6.45) is 9.05. The van der Waals surface area contributed by atoms with Crippen LogP contribution < -0.4 is 4.90 Å². The van der Waals surface area contributed by atoms with Crippen LogP contribution in [0.2, 0.25) is 0 Å². The van der Waals surface area contributed by atoms with Crippen LogP contribution in [0.1, 0.15) is 37.3 Å². The van der Waals surface area contributed by atoms with Crippen LogP contribution in [0, 0.1) is 11.8 Å². The quantitative estimate of drug-likeness (QED) is 0.673. The van der Waals surface area contributed by atoms with Gasteiger partial charge in [0, 0.05) is 38.8 Å². The highest BCUT2D eigenvalue weighted by Crippen LogP contribution is 2.44. The van der Waals surface area contributed by atoms with Crippen molar-refractivity contribution in [3.05, 3.63) is 48.4 Å². The van der Waals surface area contributed by atoms with Crippen LogP contribution in [-0.2, 0) is 7.05 Å². The lowest BCUT2D eigenvalue weighted by atomic mass is 9.74. The number of aryl methyl sites for hydroxylation is 1. The maximum atomic E-state index is 4.78. The zero-order valence-electron chi connectivity index (χ0n) is 17.0. The Morgan fingerprint density at radius 2 is 1.90 bits per heavy atom. The molecule has 0 N–H and O–H groups in total. The molecule has 2 aromatic heterocycles. The second-order valence-electron chi connectivity index (χ2n) is 9.12. The summed E-state index contributed by atoms with van der Waals surface area (Å²) in [7, 11) is 1.99. The molecular weight excluding hydrogens is 360 g/mol. The number of nitrogens with zero attached hydrogens (tertiary/aromatic N) is 6. The van der Waals surface area contributed by atoms with Crippen LogP contribution in [-0.4, -0.2) is 50.1 Å². The van der Waals surface area contributed by atoms with Gasteiger partial charge in [0.05, 0.1) is 12.5 Å². The van der Waals surface area contributed by atoms with Gasteiger partial charge in [0.1, 0.15) is 5.52 Å². The summed E-state index contributed by atoms with van der Waals surface area (Å²) in [6, 6.07) is 12.4. The van der Waals surface area contributed by atoms with Crippen molar-refractivity contribution >= 4 is 17.1 Å². The molecule has 0 spiro atoms. The van der Waals surface area contributed by atoms with Crippen LogP contribution in [0.4, 0.5) is 5.95 Å². The molecule has 3 fully saturated rings.